The molecule has 0 heterocycles. The Bertz CT molecular complexity index is 1440. The van der Waals surface area contributed by atoms with Crippen LogP contribution in [0.15, 0.2) is 85.1 Å². The number of phosphoric acid groups is 2. The highest BCUT2D eigenvalue weighted by molar-refractivity contribution is 7.47. The molecule has 0 aromatic carbocycles. The van der Waals surface area contributed by atoms with Gasteiger partial charge < -0.3 is 34.6 Å². The van der Waals surface area contributed by atoms with E-state index >= 15 is 0 Å². The van der Waals surface area contributed by atoms with Gasteiger partial charge in [0.05, 0.1) is 26.4 Å². The van der Waals surface area contributed by atoms with Gasteiger partial charge in [-0.1, -0.05) is 131 Å². The van der Waals surface area contributed by atoms with Gasteiger partial charge in [0, 0.05) is 12.8 Å². The maximum Gasteiger partial charge on any atom is 0.472 e. The smallest absolute Gasteiger partial charge is 0.463 e. The van der Waals surface area contributed by atoms with Gasteiger partial charge in [0.1, 0.15) is 31.5 Å². The summed E-state index contributed by atoms with van der Waals surface area (Å²) in [7, 11) is -9.60. The van der Waals surface area contributed by atoms with Crippen molar-refractivity contribution in [1.29, 1.82) is 0 Å². The fourth-order valence-corrected chi connectivity index (χ4v) is 6.54. The van der Waals surface area contributed by atoms with E-state index in [1.165, 1.54) is 38.5 Å². The number of aliphatic hydroxyl groups is 3. The number of carbonyl (C=O) groups is 2. The van der Waals surface area contributed by atoms with Crippen LogP contribution in [0.1, 0.15) is 129 Å². The molecule has 5 N–H and O–H groups in total. The van der Waals surface area contributed by atoms with Crippen LogP contribution in [-0.2, 0) is 46.3 Å². The molecule has 356 valence electrons. The Hall–Kier alpha value is -2.78. The molecule has 0 amide bonds. The van der Waals surface area contributed by atoms with Crippen LogP contribution >= 0.6 is 15.6 Å². The molecule has 0 aliphatic heterocycles. The van der Waals surface area contributed by atoms with E-state index in [9.17, 15) is 43.8 Å². The zero-order chi connectivity index (χ0) is 46.0. The van der Waals surface area contributed by atoms with Crippen LogP contribution < -0.4 is 0 Å². The number of hydrogen-bond acceptors (Lipinski definition) is 13. The highest BCUT2D eigenvalue weighted by Crippen LogP contribution is 2.45. The van der Waals surface area contributed by atoms with Crippen molar-refractivity contribution in [1.82, 2.24) is 0 Å². The van der Waals surface area contributed by atoms with E-state index in [0.717, 1.165) is 44.9 Å². The average molecular weight is 919 g/mol. The molecule has 0 radical (unpaired) electrons. The van der Waals surface area contributed by atoms with Crippen molar-refractivity contribution in [2.24, 2.45) is 0 Å². The van der Waals surface area contributed by atoms with E-state index in [-0.39, 0.29) is 12.8 Å². The minimum atomic E-state index is -4.80. The van der Waals surface area contributed by atoms with Gasteiger partial charge in [0.25, 0.3) is 0 Å². The number of hydrogen-bond donors (Lipinski definition) is 5. The Kier molecular flexibility index (Phi) is 39.1. The summed E-state index contributed by atoms with van der Waals surface area (Å²) in [5.74, 6) is -1.13. The van der Waals surface area contributed by atoms with Crippen LogP contribution in [0.2, 0.25) is 0 Å². The van der Waals surface area contributed by atoms with E-state index in [1.54, 1.807) is 0 Å². The molecule has 0 aliphatic carbocycles. The Morgan fingerprint density at radius 2 is 0.774 bits per heavy atom. The largest absolute Gasteiger partial charge is 0.472 e. The first kappa shape index (κ1) is 59.2. The van der Waals surface area contributed by atoms with Gasteiger partial charge in [-0.05, 0) is 70.6 Å². The quantitative estimate of drug-likeness (QED) is 0.0167. The van der Waals surface area contributed by atoms with Crippen molar-refractivity contribution in [3.05, 3.63) is 85.1 Å². The average Bonchev–Trinajstić information content (AvgIpc) is 3.24. The Balaban J connectivity index is 4.04. The van der Waals surface area contributed by atoms with Gasteiger partial charge >= 0.3 is 27.6 Å². The molecular formula is C45H76O15P2. The van der Waals surface area contributed by atoms with Crippen molar-refractivity contribution in [2.75, 3.05) is 39.6 Å². The van der Waals surface area contributed by atoms with Gasteiger partial charge in [-0.2, -0.15) is 0 Å². The normalized spacial score (nSPS) is 16.0. The fourth-order valence-electron chi connectivity index (χ4n) is 4.95. The van der Waals surface area contributed by atoms with Crippen LogP contribution in [0.5, 0.6) is 0 Å². The number of phosphoric ester groups is 2. The fraction of sp³-hybridized carbons (Fsp3) is 0.644. The highest BCUT2D eigenvalue weighted by atomic mass is 31.2. The number of carbonyl (C=O) groups excluding carboxylic acids is 2. The first-order chi connectivity index (χ1) is 29.8. The topological polar surface area (TPSA) is 225 Å². The Labute approximate surface area is 370 Å². The highest BCUT2D eigenvalue weighted by Gasteiger charge is 2.28. The maximum atomic E-state index is 12.1. The number of unbranched alkanes of at least 4 members (excludes halogenated alkanes) is 7. The van der Waals surface area contributed by atoms with Crippen molar-refractivity contribution >= 4 is 27.6 Å². The van der Waals surface area contributed by atoms with Crippen LogP contribution in [0.25, 0.3) is 0 Å². The molecule has 0 aromatic heterocycles. The van der Waals surface area contributed by atoms with Gasteiger partial charge in [0.2, 0.25) is 0 Å². The van der Waals surface area contributed by atoms with Crippen LogP contribution in [0.3, 0.4) is 0 Å². The summed E-state index contributed by atoms with van der Waals surface area (Å²) in [6, 6.07) is 0. The second-order valence-electron chi connectivity index (χ2n) is 14.3. The van der Waals surface area contributed by atoms with Crippen molar-refractivity contribution in [3.63, 3.8) is 0 Å². The van der Waals surface area contributed by atoms with E-state index in [2.05, 4.69) is 92.7 Å². The summed E-state index contributed by atoms with van der Waals surface area (Å²) in [6.45, 7) is 0.118. The molecule has 0 aromatic rings. The van der Waals surface area contributed by atoms with E-state index in [4.69, 9.17) is 9.47 Å². The Morgan fingerprint density at radius 1 is 0.435 bits per heavy atom. The van der Waals surface area contributed by atoms with Crippen molar-refractivity contribution in [2.45, 2.75) is 148 Å². The monoisotopic (exact) mass is 918 g/mol. The molecule has 0 saturated heterocycles. The Morgan fingerprint density at radius 3 is 1.21 bits per heavy atom. The number of aliphatic hydroxyl groups excluding tert-OH is 3. The predicted octanol–water partition coefficient (Wildman–Crippen LogP) is 9.38. The third-order valence-electron chi connectivity index (χ3n) is 8.35. The molecule has 0 fully saturated rings. The second-order valence-corrected chi connectivity index (χ2v) is 17.2. The lowest BCUT2D eigenvalue weighted by molar-refractivity contribution is -0.148. The molecule has 0 bridgehead atoms. The second kappa shape index (κ2) is 41.0. The predicted molar refractivity (Wildman–Crippen MR) is 242 cm³/mol. The third-order valence-corrected chi connectivity index (χ3v) is 10.2. The van der Waals surface area contributed by atoms with E-state index < -0.39 is 85.5 Å². The van der Waals surface area contributed by atoms with Crippen molar-refractivity contribution in [3.8, 4) is 0 Å². The number of rotatable bonds is 41. The van der Waals surface area contributed by atoms with E-state index in [0.29, 0.717) is 19.3 Å². The minimum Gasteiger partial charge on any atom is -0.463 e. The molecule has 17 heteroatoms. The van der Waals surface area contributed by atoms with Gasteiger partial charge in [-0.15, -0.1) is 0 Å². The summed E-state index contributed by atoms with van der Waals surface area (Å²) >= 11 is 0. The standard InChI is InChI=1S/C45H76O15P2/c1-3-5-7-9-11-13-15-17-18-19-20-22-24-26-28-30-32-34-45(50)56-36-42(47)38-58-62(53,54)60-40-43(48)39-59-61(51,52)57-37-41(46)35-55-44(49)33-31-29-27-25-23-21-16-14-12-10-8-6-4-2/h5,7,11,13,17-18,20-23,26-29,41-43,46-48H,3-4,6,8-10,12,14-16,19,24-25,30-40H2,1-2H3,(H,51,52)(H,53,54)/b7-5-,13-11-,18-17-,22-20-,23-21-,28-26-,29-27+. The molecule has 5 atom stereocenters. The maximum absolute atomic E-state index is 12.1. The molecule has 15 nitrogen and oxygen atoms in total. The molecule has 62 heavy (non-hydrogen) atoms. The number of esters is 2. The first-order valence-corrected chi connectivity index (χ1v) is 24.9. The molecule has 0 spiro atoms. The molecule has 0 saturated carbocycles. The summed E-state index contributed by atoms with van der Waals surface area (Å²) in [5, 5.41) is 29.9. The number of allylic oxidation sites excluding steroid dienone is 14. The van der Waals surface area contributed by atoms with Crippen LogP contribution in [0.4, 0.5) is 0 Å². The molecular weight excluding hydrogens is 842 g/mol. The number of ether oxygens (including phenoxy) is 2. The van der Waals surface area contributed by atoms with Gasteiger partial charge in [0.15, 0.2) is 0 Å². The summed E-state index contributed by atoms with van der Waals surface area (Å²) in [6.07, 6.45) is 40.4. The molecule has 5 unspecified atom stereocenters. The lowest BCUT2D eigenvalue weighted by Gasteiger charge is -2.19. The van der Waals surface area contributed by atoms with Crippen molar-refractivity contribution < 1.29 is 71.4 Å². The zero-order valence-electron chi connectivity index (χ0n) is 37.0. The summed E-state index contributed by atoms with van der Waals surface area (Å²) < 4.78 is 52.7. The van der Waals surface area contributed by atoms with Crippen LogP contribution in [-0.4, -0.2) is 95.0 Å². The van der Waals surface area contributed by atoms with Crippen LogP contribution in [0, 0.1) is 0 Å². The summed E-state index contributed by atoms with van der Waals surface area (Å²) in [5.41, 5.74) is 0. The van der Waals surface area contributed by atoms with Gasteiger partial charge in [-0.25, -0.2) is 9.13 Å². The molecule has 0 aliphatic rings. The lowest BCUT2D eigenvalue weighted by atomic mass is 10.1. The minimum absolute atomic E-state index is 0.0862. The SMILES string of the molecule is CC/C=C\C/C=C\C/C=C\C/C=C\C/C=C\CCCC(=O)OCC(O)COP(=O)(O)OCC(O)COP(=O)(O)OCC(O)COC(=O)CC/C=C/C/C=C\CCCCCCCC. The lowest BCUT2D eigenvalue weighted by Crippen LogP contribution is -2.25. The molecule has 0 rings (SSSR count). The first-order valence-electron chi connectivity index (χ1n) is 21.9. The van der Waals surface area contributed by atoms with E-state index in [1.807, 2.05) is 24.3 Å². The third kappa shape index (κ3) is 42.5. The summed E-state index contributed by atoms with van der Waals surface area (Å²) in [4.78, 5) is 43.6. The van der Waals surface area contributed by atoms with Gasteiger partial charge in [-0.3, -0.25) is 27.7 Å². The zero-order valence-corrected chi connectivity index (χ0v) is 38.8.